The van der Waals surface area contributed by atoms with Gasteiger partial charge in [0.25, 0.3) is 5.91 Å². The molecule has 0 atom stereocenters. The molecule has 0 unspecified atom stereocenters. The van der Waals surface area contributed by atoms with E-state index in [0.717, 1.165) is 16.3 Å². The van der Waals surface area contributed by atoms with Crippen LogP contribution >= 0.6 is 24.0 Å². The molecule has 0 aromatic heterocycles. The average molecular weight is 280 g/mol. The normalized spacial score (nSPS) is 17.7. The SMILES string of the molecule is CCOc1ccccc1/C=C1/SC(=S)N(N)C1=O. The average Bonchev–Trinajstić information content (AvgIpc) is 2.60. The van der Waals surface area contributed by atoms with Crippen molar-refractivity contribution in [2.24, 2.45) is 5.84 Å². The van der Waals surface area contributed by atoms with Gasteiger partial charge in [-0.3, -0.25) is 4.79 Å². The van der Waals surface area contributed by atoms with Gasteiger partial charge in [-0.15, -0.1) is 0 Å². The first-order chi connectivity index (χ1) is 8.63. The highest BCUT2D eigenvalue weighted by atomic mass is 32.2. The third-order valence-corrected chi connectivity index (χ3v) is 3.66. The number of hydrogen-bond donors (Lipinski definition) is 1. The Labute approximate surface area is 115 Å². The number of benzene rings is 1. The fraction of sp³-hybridized carbons (Fsp3) is 0.167. The van der Waals surface area contributed by atoms with Gasteiger partial charge >= 0.3 is 0 Å². The molecule has 1 aliphatic rings. The van der Waals surface area contributed by atoms with Crippen LogP contribution in [0.5, 0.6) is 5.75 Å². The second-order valence-electron chi connectivity index (χ2n) is 3.52. The van der Waals surface area contributed by atoms with E-state index in [4.69, 9.17) is 22.8 Å². The van der Waals surface area contributed by atoms with Crippen molar-refractivity contribution in [3.8, 4) is 5.75 Å². The van der Waals surface area contributed by atoms with E-state index in [9.17, 15) is 4.79 Å². The van der Waals surface area contributed by atoms with Crippen molar-refractivity contribution >= 4 is 40.3 Å². The lowest BCUT2D eigenvalue weighted by molar-refractivity contribution is -0.122. The van der Waals surface area contributed by atoms with Crippen LogP contribution in [0.15, 0.2) is 29.2 Å². The number of thioether (sulfide) groups is 1. The predicted octanol–water partition coefficient (Wildman–Crippen LogP) is 2.16. The maximum Gasteiger partial charge on any atom is 0.280 e. The van der Waals surface area contributed by atoms with Crippen molar-refractivity contribution in [1.29, 1.82) is 0 Å². The van der Waals surface area contributed by atoms with Crippen molar-refractivity contribution in [3.63, 3.8) is 0 Å². The molecule has 2 N–H and O–H groups in total. The second kappa shape index (κ2) is 5.51. The first-order valence-corrected chi connectivity index (χ1v) is 6.60. The van der Waals surface area contributed by atoms with Gasteiger partial charge in [0.1, 0.15) is 5.75 Å². The number of amides is 1. The van der Waals surface area contributed by atoms with Crippen LogP contribution in [0.3, 0.4) is 0 Å². The molecule has 1 heterocycles. The fourth-order valence-corrected chi connectivity index (χ4v) is 2.60. The summed E-state index contributed by atoms with van der Waals surface area (Å²) in [5.41, 5.74) is 0.841. The zero-order valence-electron chi connectivity index (χ0n) is 9.75. The number of carbonyl (C=O) groups is 1. The summed E-state index contributed by atoms with van der Waals surface area (Å²) in [5.74, 6) is 5.97. The summed E-state index contributed by atoms with van der Waals surface area (Å²) in [6, 6.07) is 7.51. The zero-order chi connectivity index (χ0) is 13.1. The van der Waals surface area contributed by atoms with Gasteiger partial charge in [0.2, 0.25) is 0 Å². The Hall–Kier alpha value is -1.37. The summed E-state index contributed by atoms with van der Waals surface area (Å²) in [6.07, 6.45) is 1.75. The largest absolute Gasteiger partial charge is 0.493 e. The van der Waals surface area contributed by atoms with Gasteiger partial charge in [-0.1, -0.05) is 42.2 Å². The van der Waals surface area contributed by atoms with Crippen LogP contribution < -0.4 is 10.6 Å². The molecule has 1 saturated heterocycles. The molecule has 18 heavy (non-hydrogen) atoms. The number of rotatable bonds is 3. The van der Waals surface area contributed by atoms with Gasteiger partial charge in [-0.2, -0.15) is 0 Å². The third kappa shape index (κ3) is 2.55. The molecule has 1 aromatic carbocycles. The summed E-state index contributed by atoms with van der Waals surface area (Å²) in [6.45, 7) is 2.48. The Morgan fingerprint density at radius 1 is 1.50 bits per heavy atom. The molecular weight excluding hydrogens is 268 g/mol. The molecule has 1 aromatic rings. The smallest absolute Gasteiger partial charge is 0.280 e. The highest BCUT2D eigenvalue weighted by Crippen LogP contribution is 2.32. The number of nitrogens with zero attached hydrogens (tertiary/aromatic N) is 1. The Bertz CT molecular complexity index is 529. The van der Waals surface area contributed by atoms with Gasteiger partial charge in [0.15, 0.2) is 4.32 Å². The molecule has 1 amide bonds. The predicted molar refractivity (Wildman–Crippen MR) is 76.8 cm³/mol. The van der Waals surface area contributed by atoms with Crippen LogP contribution in [0.1, 0.15) is 12.5 Å². The van der Waals surface area contributed by atoms with E-state index in [-0.39, 0.29) is 5.91 Å². The van der Waals surface area contributed by atoms with E-state index in [2.05, 4.69) is 0 Å². The van der Waals surface area contributed by atoms with Crippen LogP contribution in [0.2, 0.25) is 0 Å². The number of thiocarbonyl (C=S) groups is 1. The fourth-order valence-electron chi connectivity index (χ4n) is 1.51. The summed E-state index contributed by atoms with van der Waals surface area (Å²) >= 11 is 6.16. The third-order valence-electron chi connectivity index (χ3n) is 2.33. The lowest BCUT2D eigenvalue weighted by Crippen LogP contribution is -2.34. The van der Waals surface area contributed by atoms with Crippen LogP contribution in [0.25, 0.3) is 6.08 Å². The molecule has 94 valence electrons. The number of ether oxygens (including phenoxy) is 1. The van der Waals surface area contributed by atoms with Gasteiger partial charge in [0, 0.05) is 5.56 Å². The lowest BCUT2D eigenvalue weighted by atomic mass is 10.2. The van der Waals surface area contributed by atoms with E-state index in [0.29, 0.717) is 15.8 Å². The van der Waals surface area contributed by atoms with Crippen LogP contribution in [0, 0.1) is 0 Å². The molecule has 1 fully saturated rings. The van der Waals surface area contributed by atoms with Crippen LogP contribution in [0.4, 0.5) is 0 Å². The molecular formula is C12H12N2O2S2. The van der Waals surface area contributed by atoms with Crippen molar-refractivity contribution < 1.29 is 9.53 Å². The van der Waals surface area contributed by atoms with Gasteiger partial charge < -0.3 is 4.74 Å². The minimum Gasteiger partial charge on any atom is -0.493 e. The standard InChI is InChI=1S/C12H12N2O2S2/c1-2-16-9-6-4-3-5-8(9)7-10-11(15)14(13)12(17)18-10/h3-7H,2,13H2,1H3/b10-7+. The number of carbonyl (C=O) groups excluding carboxylic acids is 1. The molecule has 0 radical (unpaired) electrons. The summed E-state index contributed by atoms with van der Waals surface area (Å²) in [7, 11) is 0. The van der Waals surface area contributed by atoms with Crippen molar-refractivity contribution in [3.05, 3.63) is 34.7 Å². The lowest BCUT2D eigenvalue weighted by Gasteiger charge is -2.07. The van der Waals surface area contributed by atoms with Crippen LogP contribution in [-0.2, 0) is 4.79 Å². The van der Waals surface area contributed by atoms with E-state index < -0.39 is 0 Å². The molecule has 2 rings (SSSR count). The number of hydrogen-bond acceptors (Lipinski definition) is 5. The minimum atomic E-state index is -0.281. The molecule has 4 nitrogen and oxygen atoms in total. The van der Waals surface area contributed by atoms with Crippen molar-refractivity contribution in [1.82, 2.24) is 5.01 Å². The van der Waals surface area contributed by atoms with Gasteiger partial charge in [-0.05, 0) is 19.1 Å². The molecule has 0 saturated carbocycles. The number of nitrogens with two attached hydrogens (primary N) is 1. The summed E-state index contributed by atoms with van der Waals surface area (Å²) in [5, 5.41) is 0.981. The number of hydrazine groups is 1. The van der Waals surface area contributed by atoms with Crippen LogP contribution in [-0.4, -0.2) is 21.8 Å². The monoisotopic (exact) mass is 280 g/mol. The maximum absolute atomic E-state index is 11.8. The zero-order valence-corrected chi connectivity index (χ0v) is 11.4. The molecule has 1 aliphatic heterocycles. The Morgan fingerprint density at radius 2 is 2.22 bits per heavy atom. The minimum absolute atomic E-state index is 0.281. The first-order valence-electron chi connectivity index (χ1n) is 5.38. The highest BCUT2D eigenvalue weighted by Gasteiger charge is 2.29. The first kappa shape index (κ1) is 13.1. The molecule has 6 heteroatoms. The summed E-state index contributed by atoms with van der Waals surface area (Å²) < 4.78 is 5.85. The van der Waals surface area contributed by atoms with E-state index >= 15 is 0 Å². The Balaban J connectivity index is 2.34. The van der Waals surface area contributed by atoms with Crippen molar-refractivity contribution in [2.75, 3.05) is 6.61 Å². The molecule has 0 bridgehead atoms. The second-order valence-corrected chi connectivity index (χ2v) is 5.20. The van der Waals surface area contributed by atoms with Gasteiger partial charge in [-0.25, -0.2) is 10.9 Å². The van der Waals surface area contributed by atoms with Crippen molar-refractivity contribution in [2.45, 2.75) is 6.92 Å². The van der Waals surface area contributed by atoms with E-state index in [1.807, 2.05) is 31.2 Å². The quantitative estimate of drug-likeness (QED) is 0.398. The topological polar surface area (TPSA) is 55.6 Å². The van der Waals surface area contributed by atoms with E-state index in [1.54, 1.807) is 6.08 Å². The molecule has 0 aliphatic carbocycles. The Kier molecular flexibility index (Phi) is 4.00. The number of para-hydroxylation sites is 1. The molecule has 0 spiro atoms. The van der Waals surface area contributed by atoms with E-state index in [1.165, 1.54) is 11.8 Å². The highest BCUT2D eigenvalue weighted by molar-refractivity contribution is 8.26. The Morgan fingerprint density at radius 3 is 2.83 bits per heavy atom. The maximum atomic E-state index is 11.8. The van der Waals surface area contributed by atoms with Gasteiger partial charge in [0.05, 0.1) is 11.5 Å². The summed E-state index contributed by atoms with van der Waals surface area (Å²) in [4.78, 5) is 12.3.